The number of nitrogens with zero attached hydrogens (tertiary/aromatic N) is 2. The summed E-state index contributed by atoms with van der Waals surface area (Å²) in [5, 5.41) is 2.39. The number of amides is 1. The van der Waals surface area contributed by atoms with E-state index in [0.29, 0.717) is 49.8 Å². The molecule has 1 heterocycles. The van der Waals surface area contributed by atoms with Crippen LogP contribution in [-0.2, 0) is 11.4 Å². The Morgan fingerprint density at radius 3 is 2.38 bits per heavy atom. The van der Waals surface area contributed by atoms with Gasteiger partial charge in [0.2, 0.25) is 0 Å². The largest absolute Gasteiger partial charge is 0.490 e. The normalized spacial score (nSPS) is 15.6. The molecule has 0 unspecified atom stereocenters. The molecule has 0 bridgehead atoms. The van der Waals surface area contributed by atoms with Crippen molar-refractivity contribution in [2.24, 2.45) is 4.99 Å². The molecule has 0 spiro atoms. The summed E-state index contributed by atoms with van der Waals surface area (Å²) < 4.78 is 11.8. The van der Waals surface area contributed by atoms with Crippen LogP contribution in [0.2, 0.25) is 15.1 Å². The fourth-order valence-corrected chi connectivity index (χ4v) is 5.20. The fourth-order valence-electron chi connectivity index (χ4n) is 3.59. The molecule has 0 atom stereocenters. The van der Waals surface area contributed by atoms with E-state index in [-0.39, 0.29) is 12.5 Å². The number of ether oxygens (including phenoxy) is 2. The maximum atomic E-state index is 13.2. The second kappa shape index (κ2) is 12.7. The Morgan fingerprint density at radius 1 is 0.919 bits per heavy atom. The van der Waals surface area contributed by atoms with Crippen LogP contribution in [0.15, 0.2) is 70.6 Å². The molecule has 5 nitrogen and oxygen atoms in total. The minimum atomic E-state index is -0.0739. The van der Waals surface area contributed by atoms with Gasteiger partial charge in [-0.3, -0.25) is 9.69 Å². The Labute approximate surface area is 236 Å². The van der Waals surface area contributed by atoms with Crippen LogP contribution in [0.3, 0.4) is 0 Å². The van der Waals surface area contributed by atoms with Gasteiger partial charge in [0.1, 0.15) is 6.61 Å². The highest BCUT2D eigenvalue weighted by Gasteiger charge is 2.32. The molecule has 37 heavy (non-hydrogen) atoms. The van der Waals surface area contributed by atoms with Gasteiger partial charge in [-0.25, -0.2) is 4.99 Å². The quantitative estimate of drug-likeness (QED) is 0.240. The SMILES string of the molecule is CCCN1C(=O)/C(=C/c2ccc(OCc3ccc(Cl)cc3Cl)c(OCC)c2)SC1=Nc1ccc(Cl)cc1. The van der Waals surface area contributed by atoms with Crippen LogP contribution in [0.5, 0.6) is 11.5 Å². The molecule has 0 aromatic heterocycles. The molecule has 1 amide bonds. The van der Waals surface area contributed by atoms with Crippen LogP contribution < -0.4 is 9.47 Å². The first-order valence-corrected chi connectivity index (χ1v) is 13.7. The maximum Gasteiger partial charge on any atom is 0.266 e. The summed E-state index contributed by atoms with van der Waals surface area (Å²) >= 11 is 19.6. The molecule has 1 aliphatic heterocycles. The molecule has 4 rings (SSSR count). The molecule has 0 radical (unpaired) electrons. The first-order chi connectivity index (χ1) is 17.9. The highest BCUT2D eigenvalue weighted by Crippen LogP contribution is 2.36. The van der Waals surface area contributed by atoms with Crippen molar-refractivity contribution in [2.45, 2.75) is 26.9 Å². The van der Waals surface area contributed by atoms with Gasteiger partial charge in [0.25, 0.3) is 5.91 Å². The molecule has 1 saturated heterocycles. The van der Waals surface area contributed by atoms with E-state index in [1.165, 1.54) is 11.8 Å². The van der Waals surface area contributed by atoms with E-state index in [1.54, 1.807) is 29.2 Å². The van der Waals surface area contributed by atoms with Gasteiger partial charge in [0.15, 0.2) is 16.7 Å². The van der Waals surface area contributed by atoms with Crippen LogP contribution >= 0.6 is 46.6 Å². The van der Waals surface area contributed by atoms with Gasteiger partial charge in [-0.15, -0.1) is 0 Å². The van der Waals surface area contributed by atoms with E-state index in [0.717, 1.165) is 23.2 Å². The number of benzene rings is 3. The molecule has 0 N–H and O–H groups in total. The van der Waals surface area contributed by atoms with E-state index >= 15 is 0 Å². The van der Waals surface area contributed by atoms with Gasteiger partial charge in [0, 0.05) is 27.2 Å². The minimum absolute atomic E-state index is 0.0739. The van der Waals surface area contributed by atoms with Gasteiger partial charge in [-0.2, -0.15) is 0 Å². The second-order valence-corrected chi connectivity index (χ2v) is 10.4. The van der Waals surface area contributed by atoms with Crippen LogP contribution in [0.4, 0.5) is 5.69 Å². The summed E-state index contributed by atoms with van der Waals surface area (Å²) in [5.74, 6) is 1.09. The van der Waals surface area contributed by atoms with Crippen LogP contribution in [-0.4, -0.2) is 29.1 Å². The summed E-state index contributed by atoms with van der Waals surface area (Å²) in [4.78, 5) is 20.2. The van der Waals surface area contributed by atoms with Crippen molar-refractivity contribution in [3.8, 4) is 11.5 Å². The van der Waals surface area contributed by atoms with E-state index < -0.39 is 0 Å². The van der Waals surface area contributed by atoms with E-state index in [4.69, 9.17) is 44.3 Å². The number of carbonyl (C=O) groups is 1. The lowest BCUT2D eigenvalue weighted by molar-refractivity contribution is -0.122. The first-order valence-electron chi connectivity index (χ1n) is 11.8. The van der Waals surface area contributed by atoms with Gasteiger partial charge in [0.05, 0.1) is 17.2 Å². The van der Waals surface area contributed by atoms with Crippen molar-refractivity contribution < 1.29 is 14.3 Å². The topological polar surface area (TPSA) is 51.1 Å². The molecule has 3 aromatic carbocycles. The lowest BCUT2D eigenvalue weighted by Gasteiger charge is -2.14. The predicted octanol–water partition coefficient (Wildman–Crippen LogP) is 8.64. The number of hydrogen-bond donors (Lipinski definition) is 0. The highest BCUT2D eigenvalue weighted by atomic mass is 35.5. The number of thioether (sulfide) groups is 1. The molecule has 9 heteroatoms. The number of carbonyl (C=O) groups excluding carboxylic acids is 1. The van der Waals surface area contributed by atoms with Gasteiger partial charge >= 0.3 is 0 Å². The zero-order chi connectivity index (χ0) is 26.4. The van der Waals surface area contributed by atoms with Crippen molar-refractivity contribution in [2.75, 3.05) is 13.2 Å². The zero-order valence-corrected chi connectivity index (χ0v) is 23.4. The summed E-state index contributed by atoms with van der Waals surface area (Å²) in [6.45, 7) is 5.25. The summed E-state index contributed by atoms with van der Waals surface area (Å²) in [6, 6.07) is 18.1. The molecule has 1 aliphatic rings. The molecule has 1 fully saturated rings. The van der Waals surface area contributed by atoms with Crippen LogP contribution in [0.25, 0.3) is 6.08 Å². The highest BCUT2D eigenvalue weighted by molar-refractivity contribution is 8.18. The van der Waals surface area contributed by atoms with E-state index in [9.17, 15) is 4.79 Å². The van der Waals surface area contributed by atoms with Crippen LogP contribution in [0.1, 0.15) is 31.4 Å². The first kappa shape index (κ1) is 27.4. The molecular weight excluding hydrogens is 551 g/mol. The Bertz CT molecular complexity index is 1340. The lowest BCUT2D eigenvalue weighted by Crippen LogP contribution is -2.29. The van der Waals surface area contributed by atoms with Crippen molar-refractivity contribution in [1.82, 2.24) is 4.90 Å². The third-order valence-electron chi connectivity index (χ3n) is 5.35. The van der Waals surface area contributed by atoms with E-state index in [1.807, 2.05) is 56.3 Å². The smallest absolute Gasteiger partial charge is 0.266 e. The third-order valence-corrected chi connectivity index (χ3v) is 7.20. The summed E-state index contributed by atoms with van der Waals surface area (Å²) in [5.41, 5.74) is 2.37. The number of amidine groups is 1. The average molecular weight is 576 g/mol. The molecule has 0 saturated carbocycles. The zero-order valence-electron chi connectivity index (χ0n) is 20.3. The minimum Gasteiger partial charge on any atom is -0.490 e. The average Bonchev–Trinajstić information content (AvgIpc) is 3.15. The Balaban J connectivity index is 1.57. The summed E-state index contributed by atoms with van der Waals surface area (Å²) in [7, 11) is 0. The van der Waals surface area contributed by atoms with Gasteiger partial charge in [-0.1, -0.05) is 53.9 Å². The number of rotatable bonds is 9. The van der Waals surface area contributed by atoms with E-state index in [2.05, 4.69) is 4.99 Å². The fraction of sp³-hybridized carbons (Fsp3) is 0.214. The van der Waals surface area contributed by atoms with Gasteiger partial charge < -0.3 is 9.47 Å². The molecule has 3 aromatic rings. The van der Waals surface area contributed by atoms with Crippen molar-refractivity contribution >= 4 is 69.4 Å². The maximum absolute atomic E-state index is 13.2. The molecule has 192 valence electrons. The Morgan fingerprint density at radius 2 is 1.68 bits per heavy atom. The number of hydrogen-bond acceptors (Lipinski definition) is 5. The monoisotopic (exact) mass is 574 g/mol. The van der Waals surface area contributed by atoms with Crippen molar-refractivity contribution in [3.63, 3.8) is 0 Å². The number of halogens is 3. The Hall–Kier alpha value is -2.64. The standard InChI is InChI=1S/C28H25Cl3N2O3S/c1-3-13-33-27(34)26(37-28(33)32-22-10-8-20(29)9-11-22)15-18-5-12-24(25(14-18)35-4-2)36-17-19-6-7-21(30)16-23(19)31/h5-12,14-16H,3-4,13,17H2,1-2H3/b26-15-,32-28?. The molecular formula is C28H25Cl3N2O3S. The third kappa shape index (κ3) is 7.02. The molecule has 0 aliphatic carbocycles. The lowest BCUT2D eigenvalue weighted by atomic mass is 10.1. The Kier molecular flexibility index (Phi) is 9.43. The number of aliphatic imine (C=N–C) groups is 1. The van der Waals surface area contributed by atoms with Crippen molar-refractivity contribution in [1.29, 1.82) is 0 Å². The second-order valence-electron chi connectivity index (χ2n) is 8.10. The summed E-state index contributed by atoms with van der Waals surface area (Å²) in [6.07, 6.45) is 2.67. The van der Waals surface area contributed by atoms with Crippen molar-refractivity contribution in [3.05, 3.63) is 91.8 Å². The van der Waals surface area contributed by atoms with Crippen LogP contribution in [0, 0.1) is 0 Å². The van der Waals surface area contributed by atoms with Gasteiger partial charge in [-0.05, 0) is 85.3 Å². The predicted molar refractivity (Wildman–Crippen MR) is 155 cm³/mol.